The van der Waals surface area contributed by atoms with Gasteiger partial charge in [0, 0.05) is 34.8 Å². The number of rotatable bonds is 8. The Hall–Kier alpha value is -3.75. The van der Waals surface area contributed by atoms with Crippen molar-refractivity contribution in [2.24, 2.45) is 0 Å². The Morgan fingerprint density at radius 1 is 1.15 bits per heavy atom. The fourth-order valence-corrected chi connectivity index (χ4v) is 7.09. The maximum atomic E-state index is 16.4. The largest absolute Gasteiger partial charge is 0.468 e. The molecule has 1 aromatic carbocycles. The van der Waals surface area contributed by atoms with Crippen molar-refractivity contribution in [2.75, 3.05) is 58.5 Å². The second kappa shape index (κ2) is 15.4. The summed E-state index contributed by atoms with van der Waals surface area (Å²) in [6.07, 6.45) is 6.92. The standard InChI is InChI=1S/C28H31ClF2N8O.C3H6O2.CH3F/c1-32-18-10-17(30)13-38(14-18)26-21-11-33-24(19-8-16(29)9-22-20(19)12-34-37-22)23(31)25(21)35-27(36-26)40-15-28-4-2-6-39(28)7-3-5-28;1-2-5-3-4;1-2/h8-9,11-12,17-18,32H,2-7,10,13-15H2,1H3,(H,34,37);3H,2H2,1H3;1H3. The molecule has 254 valence electrons. The van der Waals surface area contributed by atoms with Crippen LogP contribution in [0.5, 0.6) is 6.01 Å². The average Bonchev–Trinajstić information content (AvgIpc) is 3.81. The lowest BCUT2D eigenvalue weighted by Gasteiger charge is -2.36. The first-order chi connectivity index (χ1) is 22.9. The zero-order valence-electron chi connectivity index (χ0n) is 26.7. The van der Waals surface area contributed by atoms with E-state index >= 15 is 4.39 Å². The highest BCUT2D eigenvalue weighted by molar-refractivity contribution is 6.31. The molecule has 2 atom stereocenters. The first-order valence-corrected chi connectivity index (χ1v) is 16.1. The van der Waals surface area contributed by atoms with Crippen molar-refractivity contribution in [1.82, 2.24) is 35.4 Å². The van der Waals surface area contributed by atoms with Gasteiger partial charge in [0.1, 0.15) is 29.8 Å². The Morgan fingerprint density at radius 3 is 2.60 bits per heavy atom. The number of halogens is 4. The summed E-state index contributed by atoms with van der Waals surface area (Å²) in [5.74, 6) is -0.191. The molecule has 3 aromatic heterocycles. The Bertz CT molecular complexity index is 1670. The summed E-state index contributed by atoms with van der Waals surface area (Å²) >= 11 is 6.35. The zero-order chi connectivity index (χ0) is 33.6. The normalized spacial score (nSPS) is 20.3. The second-order valence-electron chi connectivity index (χ2n) is 11.8. The molecule has 0 amide bonds. The minimum Gasteiger partial charge on any atom is -0.468 e. The number of pyridine rings is 1. The van der Waals surface area contributed by atoms with Crippen LogP contribution in [0.15, 0.2) is 24.5 Å². The van der Waals surface area contributed by atoms with Crippen LogP contribution in [0, 0.1) is 5.82 Å². The highest BCUT2D eigenvalue weighted by atomic mass is 35.5. The fourth-order valence-electron chi connectivity index (χ4n) is 6.87. The van der Waals surface area contributed by atoms with E-state index in [4.69, 9.17) is 21.3 Å². The molecule has 7 rings (SSSR count). The van der Waals surface area contributed by atoms with Crippen LogP contribution in [0.4, 0.5) is 19.0 Å². The molecule has 0 spiro atoms. The minimum atomic E-state index is -1.05. The second-order valence-corrected chi connectivity index (χ2v) is 12.2. The monoisotopic (exact) mass is 676 g/mol. The van der Waals surface area contributed by atoms with Crippen molar-refractivity contribution in [3.8, 4) is 17.3 Å². The van der Waals surface area contributed by atoms with Gasteiger partial charge in [-0.1, -0.05) is 11.6 Å². The smallest absolute Gasteiger partial charge is 0.319 e. The van der Waals surface area contributed by atoms with E-state index in [9.17, 15) is 13.6 Å². The molecule has 0 saturated carbocycles. The Labute approximate surface area is 276 Å². The van der Waals surface area contributed by atoms with Gasteiger partial charge in [-0.15, -0.1) is 0 Å². The first kappa shape index (κ1) is 34.6. The van der Waals surface area contributed by atoms with Crippen LogP contribution in [0.2, 0.25) is 5.02 Å². The number of anilines is 1. The van der Waals surface area contributed by atoms with Crippen LogP contribution < -0.4 is 15.0 Å². The number of carbonyl (C=O) groups is 1. The number of fused-ring (bicyclic) bond motifs is 3. The molecule has 0 radical (unpaired) electrons. The summed E-state index contributed by atoms with van der Waals surface area (Å²) in [6, 6.07) is 3.42. The summed E-state index contributed by atoms with van der Waals surface area (Å²) in [5.41, 5.74) is 1.33. The molecule has 3 saturated heterocycles. The molecule has 6 heterocycles. The number of aromatic nitrogens is 5. The third-order valence-corrected chi connectivity index (χ3v) is 9.26. The quantitative estimate of drug-likeness (QED) is 0.239. The van der Waals surface area contributed by atoms with Gasteiger partial charge in [-0.3, -0.25) is 24.2 Å². The van der Waals surface area contributed by atoms with Crippen molar-refractivity contribution >= 4 is 45.7 Å². The van der Waals surface area contributed by atoms with E-state index in [0.29, 0.717) is 72.5 Å². The topological polar surface area (TPSA) is 121 Å². The summed E-state index contributed by atoms with van der Waals surface area (Å²) in [7, 11) is 2.32. The van der Waals surface area contributed by atoms with Crippen LogP contribution >= 0.6 is 11.6 Å². The Balaban J connectivity index is 0.000000569. The predicted molar refractivity (Wildman–Crippen MR) is 175 cm³/mol. The van der Waals surface area contributed by atoms with Crippen LogP contribution in [-0.2, 0) is 9.53 Å². The lowest BCUT2D eigenvalue weighted by atomic mass is 9.95. The molecular weight excluding hydrogens is 637 g/mol. The van der Waals surface area contributed by atoms with Crippen molar-refractivity contribution in [3.05, 3.63) is 35.4 Å². The summed E-state index contributed by atoms with van der Waals surface area (Å²) in [4.78, 5) is 27.3. The first-order valence-electron chi connectivity index (χ1n) is 15.7. The molecule has 3 fully saturated rings. The minimum absolute atomic E-state index is 0.0273. The van der Waals surface area contributed by atoms with E-state index in [1.165, 1.54) is 0 Å². The third kappa shape index (κ3) is 7.24. The molecule has 4 aromatic rings. The number of H-pyrrole nitrogens is 1. The van der Waals surface area contributed by atoms with Gasteiger partial charge >= 0.3 is 6.01 Å². The molecule has 2 unspecified atom stereocenters. The SMILES string of the molecule is CCOC=O.CF.CNC1CC(F)CN(c2nc(OCC34CCCN3CCC4)nc3c(F)c(-c4cc(Cl)cc5[nH]ncc45)ncc23)C1. The molecule has 0 aliphatic carbocycles. The van der Waals surface area contributed by atoms with E-state index in [1.807, 2.05) is 11.9 Å². The number of hydrogen-bond acceptors (Lipinski definition) is 10. The number of benzene rings is 1. The van der Waals surface area contributed by atoms with Gasteiger partial charge in [-0.2, -0.15) is 15.1 Å². The van der Waals surface area contributed by atoms with Crippen molar-refractivity contribution in [3.63, 3.8) is 0 Å². The van der Waals surface area contributed by atoms with Crippen molar-refractivity contribution in [2.45, 2.75) is 56.8 Å². The maximum Gasteiger partial charge on any atom is 0.319 e. The molecule has 3 aliphatic heterocycles. The zero-order valence-corrected chi connectivity index (χ0v) is 27.5. The summed E-state index contributed by atoms with van der Waals surface area (Å²) in [6.45, 7) is 5.90. The number of aromatic amines is 1. The van der Waals surface area contributed by atoms with Crippen LogP contribution in [0.25, 0.3) is 33.1 Å². The van der Waals surface area contributed by atoms with Crippen LogP contribution in [0.3, 0.4) is 0 Å². The van der Waals surface area contributed by atoms with E-state index < -0.39 is 12.0 Å². The van der Waals surface area contributed by atoms with Crippen molar-refractivity contribution in [1.29, 1.82) is 0 Å². The molecule has 47 heavy (non-hydrogen) atoms. The van der Waals surface area contributed by atoms with Gasteiger partial charge in [0.25, 0.3) is 6.47 Å². The molecule has 11 nitrogen and oxygen atoms in total. The molecule has 15 heteroatoms. The van der Waals surface area contributed by atoms with Crippen LogP contribution in [0.1, 0.15) is 39.0 Å². The Kier molecular flexibility index (Phi) is 11.4. The maximum absolute atomic E-state index is 16.4. The lowest BCUT2D eigenvalue weighted by Crippen LogP contribution is -2.49. The van der Waals surface area contributed by atoms with Gasteiger partial charge in [0.2, 0.25) is 0 Å². The van der Waals surface area contributed by atoms with Crippen LogP contribution in [-0.4, -0.2) is 108 Å². The number of ether oxygens (including phenoxy) is 2. The third-order valence-electron chi connectivity index (χ3n) is 9.05. The molecule has 0 bridgehead atoms. The number of nitrogens with zero attached hydrogens (tertiary/aromatic N) is 6. The average molecular weight is 677 g/mol. The van der Waals surface area contributed by atoms with E-state index in [2.05, 4.69) is 35.1 Å². The number of likely N-dealkylation sites (N-methyl/N-ethyl adjacent to an activating group) is 1. The van der Waals surface area contributed by atoms with Gasteiger partial charge in [-0.05, 0) is 71.3 Å². The highest BCUT2D eigenvalue weighted by Crippen LogP contribution is 2.40. The lowest BCUT2D eigenvalue weighted by molar-refractivity contribution is -0.128. The number of alkyl halides is 2. The Morgan fingerprint density at radius 2 is 1.91 bits per heavy atom. The van der Waals surface area contributed by atoms with Gasteiger partial charge in [0.15, 0.2) is 5.82 Å². The number of nitrogens with one attached hydrogen (secondary N) is 2. The van der Waals surface area contributed by atoms with E-state index in [-0.39, 0.29) is 35.3 Å². The summed E-state index contributed by atoms with van der Waals surface area (Å²) < 4.78 is 51.2. The molecule has 3 aliphatic rings. The number of hydrogen-bond donors (Lipinski definition) is 2. The van der Waals surface area contributed by atoms with Gasteiger partial charge in [0.05, 0.1) is 43.0 Å². The predicted octanol–water partition coefficient (Wildman–Crippen LogP) is 5.27. The highest BCUT2D eigenvalue weighted by Gasteiger charge is 2.45. The van der Waals surface area contributed by atoms with E-state index in [0.717, 1.165) is 38.8 Å². The van der Waals surface area contributed by atoms with Gasteiger partial charge in [-0.25, -0.2) is 8.78 Å². The van der Waals surface area contributed by atoms with Crippen molar-refractivity contribution < 1.29 is 27.4 Å². The van der Waals surface area contributed by atoms with E-state index in [1.54, 1.807) is 31.5 Å². The number of carbonyl (C=O) groups excluding carboxylic acids is 1. The van der Waals surface area contributed by atoms with Gasteiger partial charge < -0.3 is 19.7 Å². The number of piperidine rings is 1. The fraction of sp³-hybridized carbons (Fsp3) is 0.531. The molecule has 2 N–H and O–H groups in total. The summed E-state index contributed by atoms with van der Waals surface area (Å²) in [5, 5.41) is 11.7. The molecular formula is C32H40ClF3N8O3.